The number of nitrogens with one attached hydrogen (secondary N) is 2. The molecule has 0 spiro atoms. The summed E-state index contributed by atoms with van der Waals surface area (Å²) in [6, 6.07) is 7.65. The van der Waals surface area contributed by atoms with E-state index in [1.54, 1.807) is 7.05 Å². The average molecular weight is 351 g/mol. The molecule has 0 aliphatic carbocycles. The van der Waals surface area contributed by atoms with Crippen LogP contribution in [0, 0.1) is 5.41 Å². The Morgan fingerprint density at radius 3 is 2.36 bits per heavy atom. The number of aliphatic hydroxyl groups excluding tert-OH is 1. The minimum Gasteiger partial charge on any atom is -0.461 e. The lowest BCUT2D eigenvalue weighted by Gasteiger charge is -2.35. The molecule has 0 radical (unpaired) electrons. The van der Waals surface area contributed by atoms with Gasteiger partial charge in [0.25, 0.3) is 0 Å². The van der Waals surface area contributed by atoms with Crippen LogP contribution in [0.3, 0.4) is 0 Å². The number of likely N-dealkylation sites (N-methyl/N-ethyl adjacent to an activating group) is 1. The van der Waals surface area contributed by atoms with E-state index in [1.807, 2.05) is 51.1 Å². The summed E-state index contributed by atoms with van der Waals surface area (Å²) in [5.41, 5.74) is 6.27. The molecule has 1 aromatic carbocycles. The number of carbonyl (C=O) groups is 2. The predicted octanol–water partition coefficient (Wildman–Crippen LogP) is 0.516. The van der Waals surface area contributed by atoms with Gasteiger partial charge in [-0.25, -0.2) is 0 Å². The molecule has 0 saturated carbocycles. The van der Waals surface area contributed by atoms with Crippen molar-refractivity contribution in [2.45, 2.75) is 52.1 Å². The van der Waals surface area contributed by atoms with Crippen LogP contribution in [0.1, 0.15) is 32.8 Å². The van der Waals surface area contributed by atoms with Gasteiger partial charge in [0.05, 0.1) is 18.5 Å². The number of benzene rings is 1. The van der Waals surface area contributed by atoms with E-state index in [9.17, 15) is 14.7 Å². The molecule has 25 heavy (non-hydrogen) atoms. The van der Waals surface area contributed by atoms with Gasteiger partial charge in [0.2, 0.25) is 5.91 Å². The van der Waals surface area contributed by atoms with Crippen molar-refractivity contribution in [2.75, 3.05) is 7.05 Å². The molecule has 140 valence electrons. The van der Waals surface area contributed by atoms with Crippen LogP contribution in [0.5, 0.6) is 0 Å². The van der Waals surface area contributed by atoms with Crippen molar-refractivity contribution in [3.63, 3.8) is 0 Å². The Morgan fingerprint density at radius 2 is 1.84 bits per heavy atom. The Labute approximate surface area is 148 Å². The Morgan fingerprint density at radius 1 is 1.24 bits per heavy atom. The Balaban J connectivity index is 2.53. The molecule has 2 unspecified atom stereocenters. The number of nitrogens with two attached hydrogens (primary N) is 1. The molecular weight excluding hydrogens is 322 g/mol. The van der Waals surface area contributed by atoms with Gasteiger partial charge in [-0.05, 0) is 18.0 Å². The van der Waals surface area contributed by atoms with E-state index in [0.717, 1.165) is 5.56 Å². The van der Waals surface area contributed by atoms with E-state index >= 15 is 0 Å². The molecule has 1 amide bonds. The van der Waals surface area contributed by atoms with Crippen molar-refractivity contribution < 1.29 is 19.4 Å². The molecule has 0 saturated heterocycles. The number of aliphatic hydroxyl groups is 1. The summed E-state index contributed by atoms with van der Waals surface area (Å²) >= 11 is 0. The Hall–Kier alpha value is -1.96. The maximum absolute atomic E-state index is 12.2. The summed E-state index contributed by atoms with van der Waals surface area (Å²) in [7, 11) is 1.59. The van der Waals surface area contributed by atoms with Crippen LogP contribution in [0.15, 0.2) is 30.3 Å². The van der Waals surface area contributed by atoms with E-state index in [1.165, 1.54) is 0 Å². The molecule has 1 rings (SSSR count). The van der Waals surface area contributed by atoms with Gasteiger partial charge in [0.15, 0.2) is 0 Å². The monoisotopic (exact) mass is 351 g/mol. The molecule has 7 nitrogen and oxygen atoms in total. The summed E-state index contributed by atoms with van der Waals surface area (Å²) in [6.07, 6.45) is -1.16. The number of rotatable bonds is 8. The second-order valence-electron chi connectivity index (χ2n) is 7.04. The fourth-order valence-electron chi connectivity index (χ4n) is 2.27. The lowest BCUT2D eigenvalue weighted by molar-refractivity contribution is -0.147. The smallest absolute Gasteiger partial charge is 0.308 e. The van der Waals surface area contributed by atoms with Crippen LogP contribution >= 0.6 is 0 Å². The van der Waals surface area contributed by atoms with E-state index in [0.29, 0.717) is 0 Å². The summed E-state index contributed by atoms with van der Waals surface area (Å²) in [5, 5.41) is 15.4. The third-order valence-corrected chi connectivity index (χ3v) is 3.81. The maximum Gasteiger partial charge on any atom is 0.308 e. The number of amides is 1. The summed E-state index contributed by atoms with van der Waals surface area (Å²) in [4.78, 5) is 24.1. The first kappa shape index (κ1) is 21.1. The highest BCUT2D eigenvalue weighted by atomic mass is 16.5. The Kier molecular flexibility index (Phi) is 8.02. The van der Waals surface area contributed by atoms with Gasteiger partial charge < -0.3 is 20.9 Å². The highest BCUT2D eigenvalue weighted by Gasteiger charge is 2.33. The van der Waals surface area contributed by atoms with Crippen LogP contribution in [-0.4, -0.2) is 42.3 Å². The van der Waals surface area contributed by atoms with Crippen LogP contribution in [0.2, 0.25) is 0 Å². The van der Waals surface area contributed by atoms with Crippen molar-refractivity contribution in [2.24, 2.45) is 11.1 Å². The largest absolute Gasteiger partial charge is 0.461 e. The van der Waals surface area contributed by atoms with Gasteiger partial charge in [-0.1, -0.05) is 51.1 Å². The van der Waals surface area contributed by atoms with Gasteiger partial charge in [-0.15, -0.1) is 0 Å². The van der Waals surface area contributed by atoms with Crippen LogP contribution in [-0.2, 0) is 20.9 Å². The quantitative estimate of drug-likeness (QED) is 0.401. The van der Waals surface area contributed by atoms with E-state index in [2.05, 4.69) is 10.6 Å². The number of carbonyl (C=O) groups excluding carboxylic acids is 2. The fraction of sp³-hybridized carbons (Fsp3) is 0.556. The van der Waals surface area contributed by atoms with Gasteiger partial charge in [0.1, 0.15) is 12.8 Å². The zero-order valence-electron chi connectivity index (χ0n) is 15.3. The first-order valence-corrected chi connectivity index (χ1v) is 8.26. The number of hydrogen-bond acceptors (Lipinski definition) is 6. The maximum atomic E-state index is 12.2. The zero-order chi connectivity index (χ0) is 19.0. The predicted molar refractivity (Wildman–Crippen MR) is 95.3 cm³/mol. The van der Waals surface area contributed by atoms with Crippen molar-refractivity contribution in [1.29, 1.82) is 0 Å². The summed E-state index contributed by atoms with van der Waals surface area (Å²) in [6.45, 7) is 5.80. The molecule has 0 heterocycles. The number of ether oxygens (including phenoxy) is 1. The molecule has 0 aliphatic rings. The lowest BCUT2D eigenvalue weighted by Crippen LogP contribution is -2.58. The van der Waals surface area contributed by atoms with E-state index < -0.39 is 35.6 Å². The van der Waals surface area contributed by atoms with Gasteiger partial charge >= 0.3 is 5.97 Å². The minimum atomic E-state index is -1.04. The standard InChI is InChI=1S/C18H29N3O4/c1-18(2,3)15(17(24)20-4)21-16(23)13(19)10-14(22)25-11-12-8-6-5-7-9-12/h5-9,13,15,17,20,24H,10-11,19H2,1-4H3,(H,21,23)/t13?,15-,17?/m1/s1. The van der Waals surface area contributed by atoms with Crippen molar-refractivity contribution in [3.05, 3.63) is 35.9 Å². The second-order valence-corrected chi connectivity index (χ2v) is 7.04. The number of hydrogen-bond donors (Lipinski definition) is 4. The van der Waals surface area contributed by atoms with Crippen molar-refractivity contribution in [1.82, 2.24) is 10.6 Å². The molecular formula is C18H29N3O4. The molecule has 5 N–H and O–H groups in total. The van der Waals surface area contributed by atoms with Gasteiger partial charge in [-0.3, -0.25) is 14.9 Å². The zero-order valence-corrected chi connectivity index (χ0v) is 15.3. The summed E-state index contributed by atoms with van der Waals surface area (Å²) < 4.78 is 5.13. The van der Waals surface area contributed by atoms with Crippen molar-refractivity contribution >= 4 is 11.9 Å². The molecule has 0 aromatic heterocycles. The SMILES string of the molecule is CNC(O)[C@@H](NC(=O)C(N)CC(=O)OCc1ccccc1)C(C)(C)C. The van der Waals surface area contributed by atoms with E-state index in [-0.39, 0.29) is 13.0 Å². The van der Waals surface area contributed by atoms with E-state index in [4.69, 9.17) is 10.5 Å². The van der Waals surface area contributed by atoms with Gasteiger partial charge in [-0.2, -0.15) is 0 Å². The summed E-state index contributed by atoms with van der Waals surface area (Å²) in [5.74, 6) is -1.06. The highest BCUT2D eigenvalue weighted by molar-refractivity contribution is 5.86. The molecule has 0 fully saturated rings. The third-order valence-electron chi connectivity index (χ3n) is 3.81. The first-order chi connectivity index (χ1) is 11.6. The van der Waals surface area contributed by atoms with Crippen LogP contribution < -0.4 is 16.4 Å². The first-order valence-electron chi connectivity index (χ1n) is 8.26. The molecule has 7 heteroatoms. The molecule has 0 bridgehead atoms. The van der Waals surface area contributed by atoms with Gasteiger partial charge in [0, 0.05) is 0 Å². The van der Waals surface area contributed by atoms with Crippen molar-refractivity contribution in [3.8, 4) is 0 Å². The highest BCUT2D eigenvalue weighted by Crippen LogP contribution is 2.21. The van der Waals surface area contributed by atoms with Crippen LogP contribution in [0.25, 0.3) is 0 Å². The normalized spacial score (nSPS) is 15.1. The topological polar surface area (TPSA) is 114 Å². The molecule has 0 aliphatic heterocycles. The average Bonchev–Trinajstić information content (AvgIpc) is 2.56. The second kappa shape index (κ2) is 9.50. The minimum absolute atomic E-state index is 0.136. The number of esters is 1. The third kappa shape index (κ3) is 7.21. The lowest BCUT2D eigenvalue weighted by atomic mass is 9.85. The molecule has 3 atom stereocenters. The van der Waals surface area contributed by atoms with Crippen LogP contribution in [0.4, 0.5) is 0 Å². The fourth-order valence-corrected chi connectivity index (χ4v) is 2.27. The Bertz CT molecular complexity index is 557. The molecule has 1 aromatic rings.